The number of hydrogen-bond acceptors (Lipinski definition) is 4. The Balaban J connectivity index is 2.16. The molecule has 0 aliphatic heterocycles. The van der Waals surface area contributed by atoms with Gasteiger partial charge in [0.1, 0.15) is 4.90 Å². The summed E-state index contributed by atoms with van der Waals surface area (Å²) in [5.74, 6) is 0.00337. The maximum Gasteiger partial charge on any atom is 0.242 e. The van der Waals surface area contributed by atoms with Gasteiger partial charge in [-0.2, -0.15) is 0 Å². The summed E-state index contributed by atoms with van der Waals surface area (Å²) < 4.78 is 27.8. The number of aliphatic hydroxyl groups is 1. The number of nitrogens with one attached hydrogen (secondary N) is 1. The minimum Gasteiger partial charge on any atom is -0.396 e. The molecule has 7 heteroatoms. The van der Waals surface area contributed by atoms with Crippen molar-refractivity contribution in [3.63, 3.8) is 0 Å². The average molecular weight is 349 g/mol. The molecule has 1 fully saturated rings. The topological polar surface area (TPSA) is 79.3 Å². The Morgan fingerprint density at radius 3 is 2.79 bits per heavy atom. The maximum absolute atomic E-state index is 12.3. The Hall–Kier alpha value is -0.500. The van der Waals surface area contributed by atoms with E-state index in [0.29, 0.717) is 4.47 Å². The molecule has 0 radical (unpaired) electrons. The number of rotatable bonds is 4. The molecule has 106 valence electrons. The van der Waals surface area contributed by atoms with Crippen molar-refractivity contribution in [2.45, 2.75) is 36.6 Å². The van der Waals surface area contributed by atoms with E-state index in [1.54, 1.807) is 0 Å². The predicted molar refractivity (Wildman–Crippen MR) is 75.1 cm³/mol. The lowest BCUT2D eigenvalue weighted by Gasteiger charge is -2.30. The quantitative estimate of drug-likeness (QED) is 0.867. The molecular weight excluding hydrogens is 332 g/mol. The molecule has 2 N–H and O–H groups in total. The second kappa shape index (κ2) is 6.30. The zero-order chi connectivity index (χ0) is 13.9. The first-order chi connectivity index (χ1) is 9.03. The molecule has 1 heterocycles. The Labute approximate surface area is 121 Å². The third kappa shape index (κ3) is 3.75. The van der Waals surface area contributed by atoms with Crippen LogP contribution >= 0.6 is 15.9 Å². The van der Waals surface area contributed by atoms with Gasteiger partial charge >= 0.3 is 0 Å². The number of sulfonamides is 1. The summed E-state index contributed by atoms with van der Waals surface area (Å²) in [5, 5.41) is 9.32. The SMILES string of the molecule is O=S(=O)(NC1CCCCC1CO)c1cncc(Br)c1. The summed E-state index contributed by atoms with van der Waals surface area (Å²) in [5.41, 5.74) is 0. The van der Waals surface area contributed by atoms with Crippen LogP contribution in [-0.2, 0) is 10.0 Å². The molecule has 2 unspecified atom stereocenters. The van der Waals surface area contributed by atoms with E-state index in [4.69, 9.17) is 0 Å². The maximum atomic E-state index is 12.3. The fourth-order valence-corrected chi connectivity index (χ4v) is 4.23. The summed E-state index contributed by atoms with van der Waals surface area (Å²) >= 11 is 3.21. The van der Waals surface area contributed by atoms with E-state index in [-0.39, 0.29) is 23.5 Å². The van der Waals surface area contributed by atoms with Gasteiger partial charge in [-0.15, -0.1) is 0 Å². The molecule has 0 aromatic carbocycles. The summed E-state index contributed by atoms with van der Waals surface area (Å²) in [7, 11) is -3.58. The minimum absolute atomic E-state index is 0.00337. The van der Waals surface area contributed by atoms with Gasteiger partial charge in [-0.25, -0.2) is 13.1 Å². The van der Waals surface area contributed by atoms with Gasteiger partial charge in [-0.05, 0) is 40.8 Å². The normalized spacial score (nSPS) is 24.3. The molecule has 2 rings (SSSR count). The van der Waals surface area contributed by atoms with Gasteiger partial charge in [0, 0.05) is 29.5 Å². The number of aliphatic hydroxyl groups excluding tert-OH is 1. The largest absolute Gasteiger partial charge is 0.396 e. The lowest BCUT2D eigenvalue weighted by Crippen LogP contribution is -2.43. The molecule has 1 saturated carbocycles. The zero-order valence-corrected chi connectivity index (χ0v) is 12.8. The lowest BCUT2D eigenvalue weighted by molar-refractivity contribution is 0.164. The number of hydrogen-bond donors (Lipinski definition) is 2. The van der Waals surface area contributed by atoms with Crippen molar-refractivity contribution in [3.8, 4) is 0 Å². The Kier molecular flexibility index (Phi) is 4.94. The van der Waals surface area contributed by atoms with E-state index >= 15 is 0 Å². The van der Waals surface area contributed by atoms with Gasteiger partial charge in [0.15, 0.2) is 0 Å². The monoisotopic (exact) mass is 348 g/mol. The van der Waals surface area contributed by atoms with Gasteiger partial charge in [0.05, 0.1) is 0 Å². The first-order valence-electron chi connectivity index (χ1n) is 6.26. The molecule has 2 atom stereocenters. The van der Waals surface area contributed by atoms with Crippen molar-refractivity contribution in [1.82, 2.24) is 9.71 Å². The molecule has 0 bridgehead atoms. The van der Waals surface area contributed by atoms with Crippen LogP contribution in [0.25, 0.3) is 0 Å². The highest BCUT2D eigenvalue weighted by atomic mass is 79.9. The number of nitrogens with zero attached hydrogens (tertiary/aromatic N) is 1. The van der Waals surface area contributed by atoms with Crippen LogP contribution in [0.15, 0.2) is 27.8 Å². The molecular formula is C12H17BrN2O3S. The van der Waals surface area contributed by atoms with Crippen LogP contribution in [0.5, 0.6) is 0 Å². The van der Waals surface area contributed by atoms with Crippen LogP contribution in [0, 0.1) is 5.92 Å². The van der Waals surface area contributed by atoms with Gasteiger partial charge in [-0.3, -0.25) is 4.98 Å². The van der Waals surface area contributed by atoms with Gasteiger partial charge in [-0.1, -0.05) is 12.8 Å². The van der Waals surface area contributed by atoms with Crippen molar-refractivity contribution in [1.29, 1.82) is 0 Å². The molecule has 1 aromatic heterocycles. The third-order valence-electron chi connectivity index (χ3n) is 3.44. The fourth-order valence-electron chi connectivity index (χ4n) is 2.39. The number of aromatic nitrogens is 1. The van der Waals surface area contributed by atoms with Crippen LogP contribution in [-0.4, -0.2) is 31.2 Å². The predicted octanol–water partition coefficient (Wildman–Crippen LogP) is 1.67. The third-order valence-corrected chi connectivity index (χ3v) is 5.33. The molecule has 0 amide bonds. The van der Waals surface area contributed by atoms with E-state index in [1.807, 2.05) is 0 Å². The minimum atomic E-state index is -3.58. The van der Waals surface area contributed by atoms with E-state index in [0.717, 1.165) is 25.7 Å². The van der Waals surface area contributed by atoms with Crippen molar-refractivity contribution in [3.05, 3.63) is 22.9 Å². The Morgan fingerprint density at radius 2 is 2.11 bits per heavy atom. The van der Waals surface area contributed by atoms with E-state index < -0.39 is 10.0 Å². The van der Waals surface area contributed by atoms with Crippen LogP contribution in [0.1, 0.15) is 25.7 Å². The van der Waals surface area contributed by atoms with Crippen LogP contribution in [0.2, 0.25) is 0 Å². The van der Waals surface area contributed by atoms with Crippen LogP contribution in [0.3, 0.4) is 0 Å². The average Bonchev–Trinajstić information content (AvgIpc) is 2.39. The summed E-state index contributed by atoms with van der Waals surface area (Å²) in [4.78, 5) is 4.01. The summed E-state index contributed by atoms with van der Waals surface area (Å²) in [6.07, 6.45) is 6.52. The first kappa shape index (κ1) is 14.9. The van der Waals surface area contributed by atoms with E-state index in [1.165, 1.54) is 18.5 Å². The number of halogens is 1. The van der Waals surface area contributed by atoms with Crippen molar-refractivity contribution in [2.24, 2.45) is 5.92 Å². The Bertz CT molecular complexity index is 536. The standard InChI is InChI=1S/C12H17BrN2O3S/c13-10-5-11(7-14-6-10)19(17,18)15-12-4-2-1-3-9(12)8-16/h5-7,9,12,15-16H,1-4,8H2. The van der Waals surface area contributed by atoms with Crippen molar-refractivity contribution >= 4 is 26.0 Å². The van der Waals surface area contributed by atoms with Crippen molar-refractivity contribution in [2.75, 3.05) is 6.61 Å². The van der Waals surface area contributed by atoms with Gasteiger partial charge in [0.2, 0.25) is 10.0 Å². The van der Waals surface area contributed by atoms with Crippen molar-refractivity contribution < 1.29 is 13.5 Å². The van der Waals surface area contributed by atoms with Crippen LogP contribution in [0.4, 0.5) is 0 Å². The summed E-state index contributed by atoms with van der Waals surface area (Å²) in [6.45, 7) is 0.0178. The smallest absolute Gasteiger partial charge is 0.242 e. The molecule has 1 aromatic rings. The fraction of sp³-hybridized carbons (Fsp3) is 0.583. The second-order valence-electron chi connectivity index (χ2n) is 4.79. The highest BCUT2D eigenvalue weighted by molar-refractivity contribution is 9.10. The van der Waals surface area contributed by atoms with Gasteiger partial charge in [0.25, 0.3) is 0 Å². The van der Waals surface area contributed by atoms with Gasteiger partial charge < -0.3 is 5.11 Å². The number of pyridine rings is 1. The summed E-state index contributed by atoms with van der Waals surface area (Å²) in [6, 6.07) is 1.33. The van der Waals surface area contributed by atoms with E-state index in [9.17, 15) is 13.5 Å². The first-order valence-corrected chi connectivity index (χ1v) is 8.54. The molecule has 5 nitrogen and oxygen atoms in total. The molecule has 0 spiro atoms. The van der Waals surface area contributed by atoms with E-state index in [2.05, 4.69) is 25.6 Å². The van der Waals surface area contributed by atoms with Crippen LogP contribution < -0.4 is 4.72 Å². The molecule has 1 aliphatic carbocycles. The highest BCUT2D eigenvalue weighted by Gasteiger charge is 2.29. The highest BCUT2D eigenvalue weighted by Crippen LogP contribution is 2.25. The Morgan fingerprint density at radius 1 is 1.37 bits per heavy atom. The molecule has 0 saturated heterocycles. The second-order valence-corrected chi connectivity index (χ2v) is 7.42. The molecule has 1 aliphatic rings. The molecule has 19 heavy (non-hydrogen) atoms. The zero-order valence-electron chi connectivity index (χ0n) is 10.4. The lowest BCUT2D eigenvalue weighted by atomic mass is 9.86.